The first kappa shape index (κ1) is 18.3. The van der Waals surface area contributed by atoms with Crippen molar-refractivity contribution >= 4 is 33.2 Å². The molecule has 5 nitrogen and oxygen atoms in total. The molecule has 0 radical (unpaired) electrons. The van der Waals surface area contributed by atoms with E-state index in [1.54, 1.807) is 14.2 Å². The number of hydrogen-bond acceptors (Lipinski definition) is 4. The van der Waals surface area contributed by atoms with E-state index < -0.39 is 10.0 Å². The molecule has 8 heteroatoms. The summed E-state index contributed by atoms with van der Waals surface area (Å²) in [6.07, 6.45) is 0.593. The van der Waals surface area contributed by atoms with Crippen molar-refractivity contribution in [3.05, 3.63) is 51.5 Å². The lowest BCUT2D eigenvalue weighted by Gasteiger charge is -2.29. The topological polar surface area (TPSA) is 55.8 Å². The fourth-order valence-corrected chi connectivity index (χ4v) is 4.66. The van der Waals surface area contributed by atoms with Crippen LogP contribution < -0.4 is 9.47 Å². The highest BCUT2D eigenvalue weighted by Crippen LogP contribution is 2.35. The normalized spacial score (nSPS) is 14.9. The van der Waals surface area contributed by atoms with Crippen molar-refractivity contribution in [2.75, 3.05) is 20.8 Å². The van der Waals surface area contributed by atoms with Gasteiger partial charge in [-0.1, -0.05) is 23.2 Å². The number of nitrogens with zero attached hydrogens (tertiary/aromatic N) is 1. The highest BCUT2D eigenvalue weighted by molar-refractivity contribution is 7.89. The Kier molecular flexibility index (Phi) is 5.16. The second-order valence-electron chi connectivity index (χ2n) is 5.64. The monoisotopic (exact) mass is 401 g/mol. The maximum absolute atomic E-state index is 12.9. The predicted octanol–water partition coefficient (Wildman–Crippen LogP) is 3.76. The molecule has 0 amide bonds. The Morgan fingerprint density at radius 1 is 0.960 bits per heavy atom. The molecule has 3 rings (SSSR count). The Hall–Kier alpha value is -1.47. The van der Waals surface area contributed by atoms with Crippen molar-refractivity contribution in [2.45, 2.75) is 17.9 Å². The van der Waals surface area contributed by atoms with Gasteiger partial charge in [-0.3, -0.25) is 0 Å². The minimum atomic E-state index is -3.66. The van der Waals surface area contributed by atoms with Crippen LogP contribution in [-0.2, 0) is 23.0 Å². The first-order valence-electron chi connectivity index (χ1n) is 7.56. The SMILES string of the molecule is COc1cc2c(cc1OC)CN(S(=O)(=O)c1ccc(Cl)c(Cl)c1)CC2. The number of fused-ring (bicyclic) bond motifs is 1. The van der Waals surface area contributed by atoms with E-state index in [0.717, 1.165) is 11.1 Å². The van der Waals surface area contributed by atoms with E-state index in [2.05, 4.69) is 0 Å². The second kappa shape index (κ2) is 7.03. The van der Waals surface area contributed by atoms with Crippen LogP contribution in [0.4, 0.5) is 0 Å². The van der Waals surface area contributed by atoms with Crippen molar-refractivity contribution < 1.29 is 17.9 Å². The zero-order valence-corrected chi connectivity index (χ0v) is 16.1. The first-order chi connectivity index (χ1) is 11.9. The molecule has 0 bridgehead atoms. The van der Waals surface area contributed by atoms with Crippen molar-refractivity contribution in [1.82, 2.24) is 4.31 Å². The minimum Gasteiger partial charge on any atom is -0.493 e. The Balaban J connectivity index is 1.95. The molecule has 1 heterocycles. The number of benzene rings is 2. The maximum Gasteiger partial charge on any atom is 0.243 e. The summed E-state index contributed by atoms with van der Waals surface area (Å²) < 4.78 is 37.9. The average molecular weight is 402 g/mol. The molecule has 25 heavy (non-hydrogen) atoms. The van der Waals surface area contributed by atoms with Crippen LogP contribution in [0.3, 0.4) is 0 Å². The highest BCUT2D eigenvalue weighted by Gasteiger charge is 2.29. The standard InChI is InChI=1S/C17H17Cl2NO4S/c1-23-16-7-11-5-6-20(10-12(11)8-17(16)24-2)25(21,22)13-3-4-14(18)15(19)9-13/h3-4,7-9H,5-6,10H2,1-2H3. The van der Waals surface area contributed by atoms with Gasteiger partial charge in [0.25, 0.3) is 0 Å². The molecule has 0 saturated carbocycles. The fraction of sp³-hybridized carbons (Fsp3) is 0.294. The van der Waals surface area contributed by atoms with Crippen LogP contribution in [0.15, 0.2) is 35.2 Å². The molecule has 134 valence electrons. The Labute approximate surface area is 157 Å². The Morgan fingerprint density at radius 2 is 1.60 bits per heavy atom. The maximum atomic E-state index is 12.9. The van der Waals surface area contributed by atoms with Crippen molar-refractivity contribution in [1.29, 1.82) is 0 Å². The second-order valence-corrected chi connectivity index (χ2v) is 8.39. The molecular weight excluding hydrogens is 385 g/mol. The van der Waals surface area contributed by atoms with E-state index in [9.17, 15) is 8.42 Å². The number of halogens is 2. The summed E-state index contributed by atoms with van der Waals surface area (Å²) in [4.78, 5) is 0.130. The van der Waals surface area contributed by atoms with Gasteiger partial charge in [0.05, 0.1) is 29.2 Å². The van der Waals surface area contributed by atoms with Crippen LogP contribution in [0.5, 0.6) is 11.5 Å². The van der Waals surface area contributed by atoms with E-state index >= 15 is 0 Å². The molecule has 1 aliphatic heterocycles. The van der Waals surface area contributed by atoms with E-state index in [1.807, 2.05) is 12.1 Å². The van der Waals surface area contributed by atoms with E-state index in [1.165, 1.54) is 22.5 Å². The third-order valence-electron chi connectivity index (χ3n) is 4.21. The van der Waals surface area contributed by atoms with Gasteiger partial charge >= 0.3 is 0 Å². The molecule has 0 saturated heterocycles. The van der Waals surface area contributed by atoms with Crippen molar-refractivity contribution in [3.63, 3.8) is 0 Å². The smallest absolute Gasteiger partial charge is 0.243 e. The summed E-state index contributed by atoms with van der Waals surface area (Å²) in [5, 5.41) is 0.535. The van der Waals surface area contributed by atoms with Crippen molar-refractivity contribution in [2.24, 2.45) is 0 Å². The van der Waals surface area contributed by atoms with Gasteiger partial charge in [-0.2, -0.15) is 4.31 Å². The molecule has 0 N–H and O–H groups in total. The largest absolute Gasteiger partial charge is 0.493 e. The van der Waals surface area contributed by atoms with Gasteiger partial charge in [-0.05, 0) is 47.9 Å². The predicted molar refractivity (Wildman–Crippen MR) is 97.3 cm³/mol. The van der Waals surface area contributed by atoms with Crippen molar-refractivity contribution in [3.8, 4) is 11.5 Å². The number of rotatable bonds is 4. The summed E-state index contributed by atoms with van der Waals surface area (Å²) in [5.74, 6) is 1.22. The number of sulfonamides is 1. The van der Waals surface area contributed by atoms with Crippen LogP contribution in [0.25, 0.3) is 0 Å². The van der Waals surface area contributed by atoms with Gasteiger partial charge in [0, 0.05) is 13.1 Å². The van der Waals surface area contributed by atoms with E-state index in [0.29, 0.717) is 29.5 Å². The zero-order valence-electron chi connectivity index (χ0n) is 13.8. The Morgan fingerprint density at radius 3 is 2.20 bits per heavy atom. The molecule has 0 atom stereocenters. The Bertz CT molecular complexity index is 915. The minimum absolute atomic E-state index is 0.130. The quantitative estimate of drug-likeness (QED) is 0.782. The summed E-state index contributed by atoms with van der Waals surface area (Å²) in [6, 6.07) is 8.06. The lowest BCUT2D eigenvalue weighted by atomic mass is 10.0. The van der Waals surface area contributed by atoms with Crippen LogP contribution in [-0.4, -0.2) is 33.5 Å². The zero-order chi connectivity index (χ0) is 18.2. The van der Waals surface area contributed by atoms with Crippen LogP contribution in [0.2, 0.25) is 10.0 Å². The van der Waals surface area contributed by atoms with Gasteiger partial charge in [0.1, 0.15) is 0 Å². The van der Waals surface area contributed by atoms with Crippen LogP contribution >= 0.6 is 23.2 Å². The number of ether oxygens (including phenoxy) is 2. The molecule has 0 fully saturated rings. The highest BCUT2D eigenvalue weighted by atomic mass is 35.5. The summed E-state index contributed by atoms with van der Waals surface area (Å²) in [7, 11) is -0.531. The van der Waals surface area contributed by atoms with Gasteiger partial charge in [0.15, 0.2) is 11.5 Å². The molecule has 0 aromatic heterocycles. The molecule has 0 aliphatic carbocycles. The number of methoxy groups -OCH3 is 2. The molecule has 0 unspecified atom stereocenters. The lowest BCUT2D eigenvalue weighted by molar-refractivity contribution is 0.348. The molecule has 2 aromatic rings. The van der Waals surface area contributed by atoms with Gasteiger partial charge in [0.2, 0.25) is 10.0 Å². The third kappa shape index (κ3) is 3.44. The van der Waals surface area contributed by atoms with Gasteiger partial charge in [-0.15, -0.1) is 0 Å². The third-order valence-corrected chi connectivity index (χ3v) is 6.79. The summed E-state index contributed by atoms with van der Waals surface area (Å²) in [5.41, 5.74) is 1.95. The summed E-state index contributed by atoms with van der Waals surface area (Å²) >= 11 is 11.8. The van der Waals surface area contributed by atoms with Crippen LogP contribution in [0, 0.1) is 0 Å². The molecule has 1 aliphatic rings. The lowest BCUT2D eigenvalue weighted by Crippen LogP contribution is -2.36. The van der Waals surface area contributed by atoms with Gasteiger partial charge in [-0.25, -0.2) is 8.42 Å². The summed E-state index contributed by atoms with van der Waals surface area (Å²) in [6.45, 7) is 0.642. The van der Waals surface area contributed by atoms with E-state index in [4.69, 9.17) is 32.7 Å². The first-order valence-corrected chi connectivity index (χ1v) is 9.75. The van der Waals surface area contributed by atoms with Crippen LogP contribution in [0.1, 0.15) is 11.1 Å². The average Bonchev–Trinajstić information content (AvgIpc) is 2.62. The molecule has 0 spiro atoms. The number of hydrogen-bond donors (Lipinski definition) is 0. The van der Waals surface area contributed by atoms with Gasteiger partial charge < -0.3 is 9.47 Å². The molecular formula is C17H17Cl2NO4S. The fourth-order valence-electron chi connectivity index (χ4n) is 2.85. The van der Waals surface area contributed by atoms with E-state index in [-0.39, 0.29) is 16.5 Å². The molecule has 2 aromatic carbocycles.